The predicted molar refractivity (Wildman–Crippen MR) is 99.2 cm³/mol. The van der Waals surface area contributed by atoms with Crippen LogP contribution in [0.2, 0.25) is 18.1 Å². The van der Waals surface area contributed by atoms with E-state index in [0.29, 0.717) is 0 Å². The third kappa shape index (κ3) is 5.66. The average Bonchev–Trinajstić information content (AvgIpc) is 2.54. The average molecular weight is 381 g/mol. The van der Waals surface area contributed by atoms with Gasteiger partial charge in [-0.25, -0.2) is 13.6 Å². The number of ether oxygens (including phenoxy) is 1. The summed E-state index contributed by atoms with van der Waals surface area (Å²) in [6, 6.07) is 1.79. The summed E-state index contributed by atoms with van der Waals surface area (Å²) in [6.45, 7) is 10.6. The summed E-state index contributed by atoms with van der Waals surface area (Å²) in [4.78, 5) is 24.1. The topological polar surface area (TPSA) is 55.4 Å². The maximum Gasteiger partial charge on any atom is 0.329 e. The van der Waals surface area contributed by atoms with E-state index in [9.17, 15) is 18.4 Å². The molecule has 0 heterocycles. The first-order chi connectivity index (χ1) is 11.9. The van der Waals surface area contributed by atoms with E-state index in [1.807, 2.05) is 0 Å². The molecule has 1 amide bonds. The van der Waals surface area contributed by atoms with Gasteiger partial charge in [0.2, 0.25) is 0 Å². The maximum absolute atomic E-state index is 13.3. The SMILES string of the molecule is COC(=O)[C@@H](CC#C[Si](C)(C)C(C)(C)C)NC(=O)c1ccc(F)c(F)c1. The Kier molecular flexibility index (Phi) is 7.10. The second-order valence-corrected chi connectivity index (χ2v) is 12.6. The Hall–Kier alpha value is -2.20. The van der Waals surface area contributed by atoms with Crippen molar-refractivity contribution in [2.45, 2.75) is 51.4 Å². The van der Waals surface area contributed by atoms with Crippen LogP contribution in [0, 0.1) is 23.1 Å². The number of methoxy groups -OCH3 is 1. The highest BCUT2D eigenvalue weighted by Crippen LogP contribution is 2.35. The van der Waals surface area contributed by atoms with Crippen LogP contribution in [-0.4, -0.2) is 33.1 Å². The summed E-state index contributed by atoms with van der Waals surface area (Å²) in [5.74, 6) is -0.545. The van der Waals surface area contributed by atoms with E-state index < -0.39 is 37.6 Å². The van der Waals surface area contributed by atoms with Crippen molar-refractivity contribution in [3.05, 3.63) is 35.4 Å². The number of rotatable bonds is 4. The molecule has 1 aromatic rings. The minimum absolute atomic E-state index is 0.0651. The number of carbonyl (C=O) groups excluding carboxylic acids is 2. The van der Waals surface area contributed by atoms with E-state index >= 15 is 0 Å². The largest absolute Gasteiger partial charge is 0.467 e. The van der Waals surface area contributed by atoms with Gasteiger partial charge in [0, 0.05) is 12.0 Å². The van der Waals surface area contributed by atoms with Crippen LogP contribution in [0.5, 0.6) is 0 Å². The monoisotopic (exact) mass is 381 g/mol. The molecule has 142 valence electrons. The minimum Gasteiger partial charge on any atom is -0.467 e. The summed E-state index contributed by atoms with van der Waals surface area (Å²) in [5.41, 5.74) is 3.17. The molecule has 0 spiro atoms. The molecule has 1 rings (SSSR count). The summed E-state index contributed by atoms with van der Waals surface area (Å²) in [7, 11) is -0.643. The molecule has 1 atom stereocenters. The van der Waals surface area contributed by atoms with Gasteiger partial charge in [0.15, 0.2) is 11.6 Å². The minimum atomic E-state index is -1.85. The normalized spacial score (nSPS) is 12.6. The Morgan fingerprint density at radius 1 is 1.23 bits per heavy atom. The van der Waals surface area contributed by atoms with Crippen LogP contribution >= 0.6 is 0 Å². The smallest absolute Gasteiger partial charge is 0.329 e. The molecular formula is C19H25F2NO3Si. The third-order valence-corrected chi connectivity index (χ3v) is 9.11. The zero-order valence-corrected chi connectivity index (χ0v) is 17.0. The van der Waals surface area contributed by atoms with Crippen LogP contribution in [0.25, 0.3) is 0 Å². The lowest BCUT2D eigenvalue weighted by atomic mass is 10.1. The number of halogens is 2. The molecule has 0 fully saturated rings. The van der Waals surface area contributed by atoms with Gasteiger partial charge in [-0.15, -0.1) is 11.5 Å². The number of hydrogen-bond donors (Lipinski definition) is 1. The van der Waals surface area contributed by atoms with E-state index in [-0.39, 0.29) is 17.0 Å². The van der Waals surface area contributed by atoms with Crippen molar-refractivity contribution in [3.8, 4) is 11.5 Å². The fraction of sp³-hybridized carbons (Fsp3) is 0.474. The maximum atomic E-state index is 13.3. The number of amides is 1. The van der Waals surface area contributed by atoms with E-state index in [1.165, 1.54) is 7.11 Å². The van der Waals surface area contributed by atoms with Crippen LogP contribution in [0.1, 0.15) is 37.6 Å². The number of hydrogen-bond acceptors (Lipinski definition) is 3. The van der Waals surface area contributed by atoms with Crippen molar-refractivity contribution in [1.29, 1.82) is 0 Å². The molecule has 26 heavy (non-hydrogen) atoms. The van der Waals surface area contributed by atoms with Crippen LogP contribution in [0.15, 0.2) is 18.2 Å². The Bertz CT molecular complexity index is 745. The Balaban J connectivity index is 2.94. The van der Waals surface area contributed by atoms with Gasteiger partial charge in [0.1, 0.15) is 14.1 Å². The second-order valence-electron chi connectivity index (χ2n) is 7.56. The summed E-state index contributed by atoms with van der Waals surface area (Å²) >= 11 is 0. The summed E-state index contributed by atoms with van der Waals surface area (Å²) in [5, 5.41) is 2.53. The first-order valence-corrected chi connectivity index (χ1v) is 11.2. The number of nitrogens with one attached hydrogen (secondary N) is 1. The van der Waals surface area contributed by atoms with Gasteiger partial charge in [0.25, 0.3) is 5.91 Å². The first kappa shape index (κ1) is 21.8. The van der Waals surface area contributed by atoms with E-state index in [1.54, 1.807) is 0 Å². The first-order valence-electron chi connectivity index (χ1n) is 8.23. The van der Waals surface area contributed by atoms with Crippen molar-refractivity contribution in [1.82, 2.24) is 5.32 Å². The lowest BCUT2D eigenvalue weighted by Gasteiger charge is -2.31. The highest BCUT2D eigenvalue weighted by atomic mass is 28.3. The molecule has 0 bridgehead atoms. The van der Waals surface area contributed by atoms with Crippen molar-refractivity contribution < 1.29 is 23.1 Å². The van der Waals surface area contributed by atoms with Gasteiger partial charge < -0.3 is 10.1 Å². The molecule has 0 aromatic heterocycles. The second kappa shape index (κ2) is 8.45. The Morgan fingerprint density at radius 2 is 1.85 bits per heavy atom. The quantitative estimate of drug-likeness (QED) is 0.492. The molecule has 0 radical (unpaired) electrons. The third-order valence-electron chi connectivity index (χ3n) is 4.55. The van der Waals surface area contributed by atoms with Crippen molar-refractivity contribution >= 4 is 20.0 Å². The lowest BCUT2D eigenvalue weighted by molar-refractivity contribution is -0.142. The number of esters is 1. The molecule has 0 aliphatic carbocycles. The number of benzene rings is 1. The molecule has 4 nitrogen and oxygen atoms in total. The molecular weight excluding hydrogens is 356 g/mol. The Morgan fingerprint density at radius 3 is 2.35 bits per heavy atom. The highest BCUT2D eigenvalue weighted by Gasteiger charge is 2.33. The summed E-state index contributed by atoms with van der Waals surface area (Å²) in [6.07, 6.45) is 0.0780. The van der Waals surface area contributed by atoms with Crippen molar-refractivity contribution in [3.63, 3.8) is 0 Å². The highest BCUT2D eigenvalue weighted by molar-refractivity contribution is 6.87. The molecule has 0 saturated carbocycles. The van der Waals surface area contributed by atoms with Crippen LogP contribution in [0.4, 0.5) is 8.78 Å². The van der Waals surface area contributed by atoms with Gasteiger partial charge in [-0.2, -0.15) is 0 Å². The molecule has 1 aromatic carbocycles. The van der Waals surface area contributed by atoms with Crippen molar-refractivity contribution in [2.75, 3.05) is 7.11 Å². The molecule has 1 N–H and O–H groups in total. The van der Waals surface area contributed by atoms with Crippen LogP contribution in [0.3, 0.4) is 0 Å². The fourth-order valence-electron chi connectivity index (χ4n) is 1.78. The van der Waals surface area contributed by atoms with Gasteiger partial charge in [0.05, 0.1) is 7.11 Å². The zero-order valence-electron chi connectivity index (χ0n) is 16.0. The molecule has 0 aliphatic rings. The van der Waals surface area contributed by atoms with E-state index in [4.69, 9.17) is 4.74 Å². The van der Waals surface area contributed by atoms with Gasteiger partial charge in [-0.3, -0.25) is 4.79 Å². The van der Waals surface area contributed by atoms with Crippen LogP contribution in [-0.2, 0) is 9.53 Å². The fourth-order valence-corrected chi connectivity index (χ4v) is 2.70. The molecule has 7 heteroatoms. The summed E-state index contributed by atoms with van der Waals surface area (Å²) < 4.78 is 31.0. The molecule has 0 saturated heterocycles. The van der Waals surface area contributed by atoms with Crippen LogP contribution < -0.4 is 5.32 Å². The Labute approximate surface area is 154 Å². The van der Waals surface area contributed by atoms with Gasteiger partial charge >= 0.3 is 5.97 Å². The lowest BCUT2D eigenvalue weighted by Crippen LogP contribution is -2.41. The molecule has 0 unspecified atom stereocenters. The van der Waals surface area contributed by atoms with Gasteiger partial charge in [-0.1, -0.05) is 33.9 Å². The van der Waals surface area contributed by atoms with Gasteiger partial charge in [-0.05, 0) is 23.2 Å². The van der Waals surface area contributed by atoms with E-state index in [0.717, 1.165) is 18.2 Å². The van der Waals surface area contributed by atoms with E-state index in [2.05, 4.69) is 50.6 Å². The zero-order chi connectivity index (χ0) is 20.1. The number of carbonyl (C=O) groups is 2. The molecule has 0 aliphatic heterocycles. The predicted octanol–water partition coefficient (Wildman–Crippen LogP) is 3.68. The van der Waals surface area contributed by atoms with Crippen molar-refractivity contribution in [2.24, 2.45) is 0 Å². The standard InChI is InChI=1S/C19H25F2NO3Si/c1-19(2,3)26(5,6)11-7-8-16(18(24)25-4)22-17(23)13-9-10-14(20)15(21)12-13/h9-10,12,16H,8H2,1-6H3,(H,22,23)/t16-/m1/s1.